The number of carbonyl (C=O) groups excluding carboxylic acids is 1. The van der Waals surface area contributed by atoms with Crippen molar-refractivity contribution in [3.8, 4) is 5.75 Å². The van der Waals surface area contributed by atoms with Crippen molar-refractivity contribution in [2.24, 2.45) is 5.10 Å². The molecular weight excluding hydrogens is 415 g/mol. The molecule has 31 heavy (non-hydrogen) atoms. The van der Waals surface area contributed by atoms with Gasteiger partial charge in [-0.2, -0.15) is 5.10 Å². The molecule has 0 aliphatic heterocycles. The van der Waals surface area contributed by atoms with E-state index in [2.05, 4.69) is 20.5 Å². The quantitative estimate of drug-likeness (QED) is 0.243. The van der Waals surface area contributed by atoms with Crippen LogP contribution in [-0.4, -0.2) is 27.8 Å². The standard InChI is InChI=1S/C23H19FN4O2S/c24-18-9-3-1-8-17(18)14-30-21-12-6-2-7-16(21)13-25-28-22(29)15-31-23-26-19-10-4-5-11-20(19)27-23/h1-13H,14-15H2,(H,26,27)(H,28,29)/b25-13+. The molecule has 0 spiro atoms. The molecule has 0 unspecified atom stereocenters. The number of carbonyl (C=O) groups is 1. The Morgan fingerprint density at radius 1 is 1.10 bits per heavy atom. The number of aromatic amines is 1. The number of hydrazone groups is 1. The summed E-state index contributed by atoms with van der Waals surface area (Å²) in [6.45, 7) is 0.0953. The summed E-state index contributed by atoms with van der Waals surface area (Å²) in [6.07, 6.45) is 1.50. The molecule has 0 saturated carbocycles. The highest BCUT2D eigenvalue weighted by atomic mass is 32.2. The van der Waals surface area contributed by atoms with E-state index >= 15 is 0 Å². The van der Waals surface area contributed by atoms with Crippen molar-refractivity contribution in [3.63, 3.8) is 0 Å². The lowest BCUT2D eigenvalue weighted by atomic mass is 10.2. The van der Waals surface area contributed by atoms with Gasteiger partial charge in [0, 0.05) is 11.1 Å². The average molecular weight is 434 g/mol. The molecular formula is C23H19FN4O2S. The van der Waals surface area contributed by atoms with E-state index in [1.807, 2.05) is 36.4 Å². The molecule has 1 aromatic heterocycles. The fourth-order valence-corrected chi connectivity index (χ4v) is 3.50. The minimum Gasteiger partial charge on any atom is -0.488 e. The van der Waals surface area contributed by atoms with E-state index in [0.29, 0.717) is 22.0 Å². The number of benzene rings is 3. The number of nitrogens with one attached hydrogen (secondary N) is 2. The van der Waals surface area contributed by atoms with Gasteiger partial charge in [0.25, 0.3) is 5.91 Å². The normalized spacial score (nSPS) is 11.1. The smallest absolute Gasteiger partial charge is 0.250 e. The Hall–Kier alpha value is -3.65. The monoisotopic (exact) mass is 434 g/mol. The van der Waals surface area contributed by atoms with Crippen molar-refractivity contribution in [2.45, 2.75) is 11.8 Å². The summed E-state index contributed by atoms with van der Waals surface area (Å²) in [4.78, 5) is 19.7. The van der Waals surface area contributed by atoms with Crippen LogP contribution >= 0.6 is 11.8 Å². The second-order valence-corrected chi connectivity index (χ2v) is 7.52. The third-order valence-electron chi connectivity index (χ3n) is 4.36. The van der Waals surface area contributed by atoms with Crippen LogP contribution in [0.15, 0.2) is 83.1 Å². The van der Waals surface area contributed by atoms with Crippen molar-refractivity contribution in [3.05, 3.63) is 89.7 Å². The highest BCUT2D eigenvalue weighted by Crippen LogP contribution is 2.20. The number of hydrogen-bond acceptors (Lipinski definition) is 5. The van der Waals surface area contributed by atoms with Crippen LogP contribution in [-0.2, 0) is 11.4 Å². The second kappa shape index (κ2) is 9.90. The Balaban J connectivity index is 1.31. The first-order chi connectivity index (χ1) is 15.2. The number of rotatable bonds is 8. The number of para-hydroxylation sites is 3. The number of hydrogen-bond donors (Lipinski definition) is 2. The maximum absolute atomic E-state index is 13.8. The Morgan fingerprint density at radius 2 is 1.87 bits per heavy atom. The van der Waals surface area contributed by atoms with Gasteiger partial charge in [-0.15, -0.1) is 0 Å². The largest absolute Gasteiger partial charge is 0.488 e. The van der Waals surface area contributed by atoms with Crippen molar-refractivity contribution in [2.75, 3.05) is 5.75 Å². The number of aromatic nitrogens is 2. The third-order valence-corrected chi connectivity index (χ3v) is 5.23. The number of H-pyrrole nitrogens is 1. The Kier molecular flexibility index (Phi) is 6.59. The summed E-state index contributed by atoms with van der Waals surface area (Å²) in [5, 5.41) is 4.68. The van der Waals surface area contributed by atoms with Crippen molar-refractivity contribution in [1.82, 2.24) is 15.4 Å². The van der Waals surface area contributed by atoms with Gasteiger partial charge in [0.15, 0.2) is 5.16 Å². The molecule has 4 rings (SSSR count). The number of amides is 1. The summed E-state index contributed by atoms with van der Waals surface area (Å²) in [7, 11) is 0. The van der Waals surface area contributed by atoms with Crippen molar-refractivity contribution >= 4 is 34.9 Å². The molecule has 0 bridgehead atoms. The van der Waals surface area contributed by atoms with E-state index in [4.69, 9.17) is 4.74 Å². The second-order valence-electron chi connectivity index (χ2n) is 6.56. The summed E-state index contributed by atoms with van der Waals surface area (Å²) in [5.74, 6) is 0.137. The Labute approximate surface area is 182 Å². The highest BCUT2D eigenvalue weighted by molar-refractivity contribution is 7.99. The molecule has 2 N–H and O–H groups in total. The number of halogens is 1. The number of fused-ring (bicyclic) bond motifs is 1. The van der Waals surface area contributed by atoms with Crippen LogP contribution in [0.4, 0.5) is 4.39 Å². The molecule has 3 aromatic carbocycles. The van der Waals surface area contributed by atoms with Crippen LogP contribution in [0.5, 0.6) is 5.75 Å². The topological polar surface area (TPSA) is 79.4 Å². The van der Waals surface area contributed by atoms with E-state index in [0.717, 1.165) is 11.0 Å². The lowest BCUT2D eigenvalue weighted by molar-refractivity contribution is -0.118. The van der Waals surface area contributed by atoms with E-state index in [1.165, 1.54) is 24.0 Å². The molecule has 0 aliphatic rings. The first-order valence-corrected chi connectivity index (χ1v) is 10.5. The molecule has 0 atom stereocenters. The van der Waals surface area contributed by atoms with Crippen LogP contribution in [0, 0.1) is 5.82 Å². The lowest BCUT2D eigenvalue weighted by Gasteiger charge is -2.09. The van der Waals surface area contributed by atoms with Gasteiger partial charge in [0.1, 0.15) is 18.2 Å². The van der Waals surface area contributed by atoms with Crippen molar-refractivity contribution in [1.29, 1.82) is 0 Å². The predicted molar refractivity (Wildman–Crippen MR) is 120 cm³/mol. The Morgan fingerprint density at radius 3 is 2.74 bits per heavy atom. The minimum atomic E-state index is -0.317. The van der Waals surface area contributed by atoms with Gasteiger partial charge in [-0.25, -0.2) is 14.8 Å². The van der Waals surface area contributed by atoms with E-state index in [-0.39, 0.29) is 24.1 Å². The highest BCUT2D eigenvalue weighted by Gasteiger charge is 2.07. The molecule has 6 nitrogen and oxygen atoms in total. The van der Waals surface area contributed by atoms with E-state index < -0.39 is 0 Å². The van der Waals surface area contributed by atoms with E-state index in [9.17, 15) is 9.18 Å². The lowest BCUT2D eigenvalue weighted by Crippen LogP contribution is -2.19. The van der Waals surface area contributed by atoms with Gasteiger partial charge < -0.3 is 9.72 Å². The number of nitrogens with zero attached hydrogens (tertiary/aromatic N) is 2. The van der Waals surface area contributed by atoms with Gasteiger partial charge >= 0.3 is 0 Å². The maximum Gasteiger partial charge on any atom is 0.250 e. The van der Waals surface area contributed by atoms with Gasteiger partial charge in [0.2, 0.25) is 0 Å². The summed E-state index contributed by atoms with van der Waals surface area (Å²) >= 11 is 1.30. The summed E-state index contributed by atoms with van der Waals surface area (Å²) in [6, 6.07) is 21.4. The van der Waals surface area contributed by atoms with Crippen LogP contribution in [0.1, 0.15) is 11.1 Å². The zero-order chi connectivity index (χ0) is 21.5. The number of thioether (sulfide) groups is 1. The molecule has 1 heterocycles. The maximum atomic E-state index is 13.8. The van der Waals surface area contributed by atoms with Crippen LogP contribution < -0.4 is 10.2 Å². The first-order valence-electron chi connectivity index (χ1n) is 9.54. The molecule has 0 radical (unpaired) electrons. The third kappa shape index (κ3) is 5.49. The van der Waals surface area contributed by atoms with Gasteiger partial charge in [-0.05, 0) is 30.3 Å². The Bertz CT molecular complexity index is 1190. The van der Waals surface area contributed by atoms with Crippen LogP contribution in [0.2, 0.25) is 0 Å². The average Bonchev–Trinajstić information content (AvgIpc) is 3.21. The first kappa shape index (κ1) is 20.6. The zero-order valence-electron chi connectivity index (χ0n) is 16.4. The number of ether oxygens (including phenoxy) is 1. The van der Waals surface area contributed by atoms with E-state index in [1.54, 1.807) is 30.3 Å². The molecule has 8 heteroatoms. The van der Waals surface area contributed by atoms with Crippen molar-refractivity contribution < 1.29 is 13.9 Å². The molecule has 156 valence electrons. The van der Waals surface area contributed by atoms with Crippen LogP contribution in [0.25, 0.3) is 11.0 Å². The molecule has 1 amide bonds. The van der Waals surface area contributed by atoms with Gasteiger partial charge in [-0.1, -0.05) is 54.2 Å². The minimum absolute atomic E-state index is 0.0953. The molecule has 4 aromatic rings. The summed E-state index contributed by atoms with van der Waals surface area (Å²) in [5.41, 5.74) is 5.41. The molecule has 0 aliphatic carbocycles. The van der Waals surface area contributed by atoms with Gasteiger partial charge in [0.05, 0.1) is 23.0 Å². The fourth-order valence-electron chi connectivity index (χ4n) is 2.83. The fraction of sp³-hybridized carbons (Fsp3) is 0.0870. The summed E-state index contributed by atoms with van der Waals surface area (Å²) < 4.78 is 19.5. The predicted octanol–water partition coefficient (Wildman–Crippen LogP) is 4.52. The molecule has 0 saturated heterocycles. The zero-order valence-corrected chi connectivity index (χ0v) is 17.2. The molecule has 0 fully saturated rings. The number of imidazole rings is 1. The van der Waals surface area contributed by atoms with Gasteiger partial charge in [-0.3, -0.25) is 4.79 Å². The SMILES string of the molecule is O=C(CSc1nc2ccccc2[nH]1)N/N=C/c1ccccc1OCc1ccccc1F. The van der Waals surface area contributed by atoms with Crippen LogP contribution in [0.3, 0.4) is 0 Å².